The van der Waals surface area contributed by atoms with E-state index in [9.17, 15) is 9.90 Å². The first-order chi connectivity index (χ1) is 9.02. The molecule has 0 atom stereocenters. The van der Waals surface area contributed by atoms with Crippen LogP contribution in [0.15, 0.2) is 29.1 Å². The molecule has 2 rings (SSSR count). The predicted molar refractivity (Wildman–Crippen MR) is 70.6 cm³/mol. The van der Waals surface area contributed by atoms with Gasteiger partial charge in [0.15, 0.2) is 0 Å². The second-order valence-corrected chi connectivity index (χ2v) is 4.40. The summed E-state index contributed by atoms with van der Waals surface area (Å²) in [6.07, 6.45) is -0.0777. The third-order valence-electron chi connectivity index (χ3n) is 2.63. The van der Waals surface area contributed by atoms with E-state index in [1.54, 1.807) is 18.2 Å². The highest BCUT2D eigenvalue weighted by Gasteiger charge is 2.10. The molecule has 19 heavy (non-hydrogen) atoms. The second-order valence-electron chi connectivity index (χ2n) is 3.99. The number of halogens is 1. The third-order valence-corrected chi connectivity index (χ3v) is 3.04. The zero-order valence-electron chi connectivity index (χ0n) is 10.1. The molecule has 5 nitrogen and oxygen atoms in total. The molecule has 0 aliphatic heterocycles. The standard InChI is InChI=1S/C13H10ClN3O2/c1-8-2-3-9(6-10(8)14)17-13(19)7-12(18)11(16-17)4-5-15/h2-3,6-7,18H,4H2,1H3. The molecule has 0 fully saturated rings. The quantitative estimate of drug-likeness (QED) is 0.909. The van der Waals surface area contributed by atoms with Crippen molar-refractivity contribution in [3.05, 3.63) is 50.9 Å². The molecule has 0 amide bonds. The molecular weight excluding hydrogens is 266 g/mol. The van der Waals surface area contributed by atoms with Gasteiger partial charge in [0.25, 0.3) is 5.56 Å². The summed E-state index contributed by atoms with van der Waals surface area (Å²) >= 11 is 6.00. The Morgan fingerprint density at radius 3 is 2.84 bits per heavy atom. The first-order valence-corrected chi connectivity index (χ1v) is 5.86. The zero-order valence-corrected chi connectivity index (χ0v) is 10.8. The third kappa shape index (κ3) is 2.59. The summed E-state index contributed by atoms with van der Waals surface area (Å²) in [5.74, 6) is -0.277. The van der Waals surface area contributed by atoms with Crippen LogP contribution < -0.4 is 5.56 Å². The van der Waals surface area contributed by atoms with Gasteiger partial charge in [0.05, 0.1) is 18.2 Å². The average Bonchev–Trinajstić information content (AvgIpc) is 2.36. The van der Waals surface area contributed by atoms with Gasteiger partial charge in [-0.15, -0.1) is 0 Å². The van der Waals surface area contributed by atoms with Gasteiger partial charge in [0.2, 0.25) is 0 Å². The highest BCUT2D eigenvalue weighted by Crippen LogP contribution is 2.19. The molecule has 1 aromatic heterocycles. The Morgan fingerprint density at radius 2 is 2.21 bits per heavy atom. The summed E-state index contributed by atoms with van der Waals surface area (Å²) < 4.78 is 1.11. The van der Waals surface area contributed by atoms with E-state index in [2.05, 4.69) is 5.10 Å². The zero-order chi connectivity index (χ0) is 14.0. The Labute approximate surface area is 114 Å². The summed E-state index contributed by atoms with van der Waals surface area (Å²) in [5, 5.41) is 22.7. The molecule has 6 heteroatoms. The van der Waals surface area contributed by atoms with Crippen LogP contribution in [0.4, 0.5) is 0 Å². The molecule has 2 aromatic rings. The van der Waals surface area contributed by atoms with Gasteiger partial charge in [-0.05, 0) is 24.6 Å². The van der Waals surface area contributed by atoms with Crippen molar-refractivity contribution in [3.63, 3.8) is 0 Å². The number of aromatic hydroxyl groups is 1. The summed E-state index contributed by atoms with van der Waals surface area (Å²) in [7, 11) is 0. The highest BCUT2D eigenvalue weighted by atomic mass is 35.5. The maximum Gasteiger partial charge on any atom is 0.275 e. The molecule has 1 heterocycles. The minimum absolute atomic E-state index is 0.0777. The normalized spacial score (nSPS) is 10.2. The van der Waals surface area contributed by atoms with Gasteiger partial charge in [-0.3, -0.25) is 4.79 Å². The van der Waals surface area contributed by atoms with Crippen LogP contribution in [0.1, 0.15) is 11.3 Å². The van der Waals surface area contributed by atoms with Crippen molar-refractivity contribution in [2.75, 3.05) is 0 Å². The van der Waals surface area contributed by atoms with Crippen molar-refractivity contribution in [2.24, 2.45) is 0 Å². The van der Waals surface area contributed by atoms with E-state index in [1.165, 1.54) is 0 Å². The smallest absolute Gasteiger partial charge is 0.275 e. The van der Waals surface area contributed by atoms with Crippen molar-refractivity contribution < 1.29 is 5.11 Å². The molecule has 0 unspecified atom stereocenters. The van der Waals surface area contributed by atoms with Crippen LogP contribution in [0.25, 0.3) is 5.69 Å². The van der Waals surface area contributed by atoms with E-state index in [0.29, 0.717) is 10.7 Å². The number of nitrogens with zero attached hydrogens (tertiary/aromatic N) is 3. The molecule has 0 bridgehead atoms. The SMILES string of the molecule is Cc1ccc(-n2nc(CC#N)c(O)cc2=O)cc1Cl. The molecular formula is C13H10ClN3O2. The lowest BCUT2D eigenvalue weighted by Crippen LogP contribution is -2.21. The van der Waals surface area contributed by atoms with Gasteiger partial charge in [0.1, 0.15) is 11.4 Å². The molecule has 0 saturated heterocycles. The van der Waals surface area contributed by atoms with Crippen molar-refractivity contribution >= 4 is 11.6 Å². The highest BCUT2D eigenvalue weighted by molar-refractivity contribution is 6.31. The lowest BCUT2D eigenvalue weighted by atomic mass is 10.2. The Morgan fingerprint density at radius 1 is 1.47 bits per heavy atom. The van der Waals surface area contributed by atoms with E-state index in [1.807, 2.05) is 13.0 Å². The van der Waals surface area contributed by atoms with Crippen molar-refractivity contribution in [1.29, 1.82) is 5.26 Å². The monoisotopic (exact) mass is 275 g/mol. The minimum Gasteiger partial charge on any atom is -0.506 e. The topological polar surface area (TPSA) is 78.9 Å². The number of rotatable bonds is 2. The van der Waals surface area contributed by atoms with Gasteiger partial charge in [-0.1, -0.05) is 17.7 Å². The van der Waals surface area contributed by atoms with Crippen molar-refractivity contribution in [1.82, 2.24) is 9.78 Å². The van der Waals surface area contributed by atoms with Crippen LogP contribution in [0.5, 0.6) is 5.75 Å². The van der Waals surface area contributed by atoms with Crippen LogP contribution >= 0.6 is 11.6 Å². The average molecular weight is 276 g/mol. The lowest BCUT2D eigenvalue weighted by Gasteiger charge is -2.08. The first kappa shape index (κ1) is 13.1. The first-order valence-electron chi connectivity index (χ1n) is 5.48. The lowest BCUT2D eigenvalue weighted by molar-refractivity contribution is 0.459. The fourth-order valence-electron chi connectivity index (χ4n) is 1.58. The van der Waals surface area contributed by atoms with E-state index >= 15 is 0 Å². The molecule has 1 N–H and O–H groups in total. The minimum atomic E-state index is -0.487. The number of hydrogen-bond donors (Lipinski definition) is 1. The van der Waals surface area contributed by atoms with E-state index in [0.717, 1.165) is 16.3 Å². The largest absolute Gasteiger partial charge is 0.506 e. The van der Waals surface area contributed by atoms with Crippen LogP contribution in [0, 0.1) is 18.3 Å². The van der Waals surface area contributed by atoms with E-state index < -0.39 is 5.56 Å². The molecule has 0 radical (unpaired) electrons. The van der Waals surface area contributed by atoms with Gasteiger partial charge in [-0.2, -0.15) is 15.0 Å². The van der Waals surface area contributed by atoms with Crippen LogP contribution in [0.3, 0.4) is 0 Å². The fraction of sp³-hybridized carbons (Fsp3) is 0.154. The van der Waals surface area contributed by atoms with Crippen LogP contribution in [-0.2, 0) is 6.42 Å². The molecule has 0 aliphatic rings. The van der Waals surface area contributed by atoms with Crippen LogP contribution in [0.2, 0.25) is 5.02 Å². The van der Waals surface area contributed by atoms with E-state index in [-0.39, 0.29) is 17.9 Å². The summed E-state index contributed by atoms with van der Waals surface area (Å²) in [4.78, 5) is 11.8. The second kappa shape index (κ2) is 5.12. The van der Waals surface area contributed by atoms with Crippen LogP contribution in [-0.4, -0.2) is 14.9 Å². The molecule has 0 spiro atoms. The maximum atomic E-state index is 11.8. The van der Waals surface area contributed by atoms with Gasteiger partial charge >= 0.3 is 0 Å². The van der Waals surface area contributed by atoms with Gasteiger partial charge in [0, 0.05) is 11.1 Å². The number of nitriles is 1. The van der Waals surface area contributed by atoms with Gasteiger partial charge in [-0.25, -0.2) is 0 Å². The molecule has 0 aliphatic carbocycles. The van der Waals surface area contributed by atoms with Crippen molar-refractivity contribution in [3.8, 4) is 17.5 Å². The Kier molecular flexibility index (Phi) is 3.54. The predicted octanol–water partition coefficient (Wildman–Crippen LogP) is 1.97. The number of hydrogen-bond acceptors (Lipinski definition) is 4. The molecule has 1 aromatic carbocycles. The number of aromatic nitrogens is 2. The van der Waals surface area contributed by atoms with E-state index in [4.69, 9.17) is 16.9 Å². The summed E-state index contributed by atoms with van der Waals surface area (Å²) in [6, 6.07) is 7.99. The summed E-state index contributed by atoms with van der Waals surface area (Å²) in [6.45, 7) is 1.85. The Bertz CT molecular complexity index is 732. The molecule has 96 valence electrons. The van der Waals surface area contributed by atoms with Gasteiger partial charge < -0.3 is 5.11 Å². The fourth-order valence-corrected chi connectivity index (χ4v) is 1.76. The number of benzene rings is 1. The number of aryl methyl sites for hydroxylation is 1. The summed E-state index contributed by atoms with van der Waals surface area (Å²) in [5.41, 5.74) is 1.03. The maximum absolute atomic E-state index is 11.8. The molecule has 0 saturated carbocycles. The Balaban J connectivity index is 2.61. The Hall–Kier alpha value is -2.32. The van der Waals surface area contributed by atoms with Crippen molar-refractivity contribution in [2.45, 2.75) is 13.3 Å².